The third kappa shape index (κ3) is 1.92. The third-order valence-corrected chi connectivity index (χ3v) is 0.144. The highest BCUT2D eigenvalue weighted by atomic mass is 16.5. The van der Waals surface area contributed by atoms with E-state index in [-0.39, 0.29) is 6.73 Å². The molecule has 0 aliphatic heterocycles. The number of methoxy groups -OCH3 is 1. The molecule has 2 heteroatoms. The fraction of sp³-hybridized carbons (Fsp3) is 1.00. The first-order chi connectivity index (χ1) is 1.91. The molecule has 0 heterocycles. The molecule has 1 N–H and O–H groups in total. The Balaban J connectivity index is 1.97. The van der Waals surface area contributed by atoms with E-state index in [1.807, 2.05) is 0 Å². The predicted octanol–water partition coefficient (Wildman–Crippen LogP) is 0.643. The highest BCUT2D eigenvalue weighted by molar-refractivity contribution is 4.26. The smallest absolute Gasteiger partial charge is 0.0331 e. The molecule has 0 aromatic heterocycles. The van der Waals surface area contributed by atoms with Crippen LogP contribution in [0.5, 0.6) is 0 Å². The lowest BCUT2D eigenvalue weighted by atomic mass is 11.3. The Kier molecular flexibility index (Phi) is 2.86. The second kappa shape index (κ2) is 2.92. The zero-order valence-electron chi connectivity index (χ0n) is 2.62. The summed E-state index contributed by atoms with van der Waals surface area (Å²) in [4.78, 5) is 0. The van der Waals surface area contributed by atoms with E-state index in [0.29, 0.717) is 0 Å². The van der Waals surface area contributed by atoms with E-state index in [1.165, 1.54) is 7.11 Å². The second-order valence-corrected chi connectivity index (χ2v) is 0.433. The lowest BCUT2D eigenvalue weighted by Crippen LogP contribution is -1.72. The summed E-state index contributed by atoms with van der Waals surface area (Å²) in [6.07, 6.45) is 0. The fourth-order valence-corrected chi connectivity index (χ4v) is 0. The molecule has 0 aliphatic carbocycles. The minimum atomic E-state index is 0.0694. The quantitative estimate of drug-likeness (QED) is 0.437. The Morgan fingerprint density at radius 2 is 2.25 bits per heavy atom. The van der Waals surface area contributed by atoms with Gasteiger partial charge in [-0.15, -0.1) is 0 Å². The SMILES string of the molecule is COC[NH-]. The van der Waals surface area contributed by atoms with Crippen LogP contribution in [-0.2, 0) is 4.74 Å². The summed E-state index contributed by atoms with van der Waals surface area (Å²) in [7, 11) is 1.49. The lowest BCUT2D eigenvalue weighted by Gasteiger charge is -1.89. The molecular formula is C2H6NO-. The van der Waals surface area contributed by atoms with E-state index in [0.717, 1.165) is 0 Å². The van der Waals surface area contributed by atoms with Crippen LogP contribution in [0.15, 0.2) is 0 Å². The van der Waals surface area contributed by atoms with E-state index < -0.39 is 0 Å². The van der Waals surface area contributed by atoms with Gasteiger partial charge in [0.05, 0.1) is 0 Å². The van der Waals surface area contributed by atoms with Crippen LogP contribution in [-0.4, -0.2) is 13.8 Å². The van der Waals surface area contributed by atoms with Gasteiger partial charge in [0.2, 0.25) is 0 Å². The number of rotatable bonds is 1. The van der Waals surface area contributed by atoms with E-state index >= 15 is 0 Å². The van der Waals surface area contributed by atoms with Crippen LogP contribution in [0.25, 0.3) is 5.73 Å². The van der Waals surface area contributed by atoms with Crippen molar-refractivity contribution in [3.8, 4) is 0 Å². The van der Waals surface area contributed by atoms with Crippen molar-refractivity contribution in [2.75, 3.05) is 13.8 Å². The molecule has 0 aliphatic rings. The van der Waals surface area contributed by atoms with Crippen LogP contribution < -0.4 is 0 Å². The first-order valence-corrected chi connectivity index (χ1v) is 1.05. The molecule has 0 aromatic rings. The topological polar surface area (TPSA) is 33.0 Å². The molecule has 0 radical (unpaired) electrons. The van der Waals surface area contributed by atoms with Gasteiger partial charge in [-0.05, 0) is 6.73 Å². The Bertz CT molecular complexity index is 8.00. The first kappa shape index (κ1) is 3.92. The van der Waals surface area contributed by atoms with Crippen molar-refractivity contribution in [3.05, 3.63) is 5.73 Å². The number of ether oxygens (including phenoxy) is 1. The van der Waals surface area contributed by atoms with Gasteiger partial charge < -0.3 is 10.5 Å². The molecule has 0 fully saturated rings. The lowest BCUT2D eigenvalue weighted by molar-refractivity contribution is 0.234. The van der Waals surface area contributed by atoms with E-state index in [4.69, 9.17) is 5.73 Å². The van der Waals surface area contributed by atoms with Crippen LogP contribution in [0.4, 0.5) is 0 Å². The number of nitrogens with one attached hydrogen (secondary N) is 1. The van der Waals surface area contributed by atoms with Crippen molar-refractivity contribution in [3.63, 3.8) is 0 Å². The molecule has 0 atom stereocenters. The van der Waals surface area contributed by atoms with Crippen LogP contribution >= 0.6 is 0 Å². The Morgan fingerprint density at radius 3 is 2.25 bits per heavy atom. The van der Waals surface area contributed by atoms with Gasteiger partial charge in [-0.25, -0.2) is 0 Å². The van der Waals surface area contributed by atoms with Gasteiger partial charge in [-0.3, -0.25) is 0 Å². The molecular weight excluding hydrogens is 54.0 g/mol. The van der Waals surface area contributed by atoms with Gasteiger partial charge in [0.25, 0.3) is 0 Å². The molecule has 0 unspecified atom stereocenters. The normalized spacial score (nSPS) is 7.50. The van der Waals surface area contributed by atoms with Crippen LogP contribution in [0.3, 0.4) is 0 Å². The minimum Gasteiger partial charge on any atom is -0.655 e. The maximum absolute atomic E-state index is 6.23. The van der Waals surface area contributed by atoms with Crippen molar-refractivity contribution >= 4 is 0 Å². The summed E-state index contributed by atoms with van der Waals surface area (Å²) in [6, 6.07) is 0. The maximum atomic E-state index is 6.23. The zero-order valence-corrected chi connectivity index (χ0v) is 2.62. The number of hydrogen-bond donors (Lipinski definition) is 0. The predicted molar refractivity (Wildman–Crippen MR) is 16.2 cm³/mol. The monoisotopic (exact) mass is 60.0 g/mol. The fourth-order valence-electron chi connectivity index (χ4n) is 0. The summed E-state index contributed by atoms with van der Waals surface area (Å²) in [6.45, 7) is 0.0694. The molecule has 0 amide bonds. The van der Waals surface area contributed by atoms with Gasteiger partial charge in [-0.1, -0.05) is 0 Å². The zero-order chi connectivity index (χ0) is 3.41. The van der Waals surface area contributed by atoms with Gasteiger partial charge in [0.15, 0.2) is 0 Å². The van der Waals surface area contributed by atoms with E-state index in [1.54, 1.807) is 0 Å². The van der Waals surface area contributed by atoms with Crippen molar-refractivity contribution in [1.82, 2.24) is 0 Å². The maximum Gasteiger partial charge on any atom is 0.0331 e. The molecule has 2 nitrogen and oxygen atoms in total. The van der Waals surface area contributed by atoms with Crippen molar-refractivity contribution in [2.24, 2.45) is 0 Å². The summed E-state index contributed by atoms with van der Waals surface area (Å²) in [5, 5.41) is 0. The molecule has 0 bridgehead atoms. The molecule has 0 spiro atoms. The third-order valence-electron chi connectivity index (χ3n) is 0.144. The van der Waals surface area contributed by atoms with Crippen LogP contribution in [0, 0.1) is 0 Å². The molecule has 0 rings (SSSR count). The highest BCUT2D eigenvalue weighted by Crippen LogP contribution is 1.55. The summed E-state index contributed by atoms with van der Waals surface area (Å²) < 4.78 is 4.21. The first-order valence-electron chi connectivity index (χ1n) is 1.05. The molecule has 26 valence electrons. The average Bonchev–Trinajstić information content (AvgIpc) is 1.37. The Morgan fingerprint density at radius 1 is 2.00 bits per heavy atom. The highest BCUT2D eigenvalue weighted by Gasteiger charge is 1.39. The van der Waals surface area contributed by atoms with Crippen LogP contribution in [0.1, 0.15) is 0 Å². The summed E-state index contributed by atoms with van der Waals surface area (Å²) in [5.41, 5.74) is 6.23. The summed E-state index contributed by atoms with van der Waals surface area (Å²) >= 11 is 0. The van der Waals surface area contributed by atoms with E-state index in [2.05, 4.69) is 4.74 Å². The molecule has 0 aromatic carbocycles. The van der Waals surface area contributed by atoms with E-state index in [9.17, 15) is 0 Å². The molecule has 0 saturated heterocycles. The van der Waals surface area contributed by atoms with Gasteiger partial charge in [-0.2, -0.15) is 0 Å². The standard InChI is InChI=1S/C2H6NO/c1-4-2-3/h3H,2H2,1H3/q-1. The Hall–Kier alpha value is -0.0800. The molecule has 4 heavy (non-hydrogen) atoms. The van der Waals surface area contributed by atoms with Gasteiger partial charge in [0.1, 0.15) is 0 Å². The van der Waals surface area contributed by atoms with Crippen molar-refractivity contribution in [2.45, 2.75) is 0 Å². The minimum absolute atomic E-state index is 0.0694. The van der Waals surface area contributed by atoms with Gasteiger partial charge >= 0.3 is 0 Å². The number of hydrogen-bond acceptors (Lipinski definition) is 1. The largest absolute Gasteiger partial charge is 0.655 e. The average molecular weight is 60.1 g/mol. The van der Waals surface area contributed by atoms with Crippen LogP contribution in [0.2, 0.25) is 0 Å². The molecule has 0 saturated carbocycles. The van der Waals surface area contributed by atoms with Gasteiger partial charge in [0, 0.05) is 7.11 Å². The van der Waals surface area contributed by atoms with Crippen molar-refractivity contribution in [1.29, 1.82) is 0 Å². The second-order valence-electron chi connectivity index (χ2n) is 0.433. The summed E-state index contributed by atoms with van der Waals surface area (Å²) in [5.74, 6) is 0. The van der Waals surface area contributed by atoms with Crippen molar-refractivity contribution < 1.29 is 4.74 Å². The Labute approximate surface area is 25.6 Å².